The van der Waals surface area contributed by atoms with Crippen LogP contribution in [0.15, 0.2) is 24.3 Å². The van der Waals surface area contributed by atoms with Gasteiger partial charge in [0, 0.05) is 9.26 Å². The van der Waals surface area contributed by atoms with Crippen molar-refractivity contribution in [1.82, 2.24) is 15.0 Å². The average molecular weight is 386 g/mol. The maximum Gasteiger partial charge on any atom is 0.323 e. The van der Waals surface area contributed by atoms with E-state index in [4.69, 9.17) is 10.6 Å². The number of nitrogens with one attached hydrogen (secondary N) is 2. The quantitative estimate of drug-likeness (QED) is 0.412. The van der Waals surface area contributed by atoms with E-state index in [1.54, 1.807) is 0 Å². The van der Waals surface area contributed by atoms with Gasteiger partial charge < -0.3 is 10.1 Å². The van der Waals surface area contributed by atoms with Crippen molar-refractivity contribution in [3.63, 3.8) is 0 Å². The molecule has 106 valence electrons. The lowest BCUT2D eigenvalue weighted by Gasteiger charge is -2.11. The number of rotatable bonds is 5. The molecule has 1 aromatic carbocycles. The molecular weight excluding hydrogens is 371 g/mol. The molecule has 0 saturated carbocycles. The lowest BCUT2D eigenvalue weighted by atomic mass is 10.3. The molecule has 0 amide bonds. The van der Waals surface area contributed by atoms with Crippen LogP contribution in [0.2, 0.25) is 0 Å². The fourth-order valence-electron chi connectivity index (χ4n) is 1.44. The van der Waals surface area contributed by atoms with Crippen molar-refractivity contribution in [1.29, 1.82) is 0 Å². The highest BCUT2D eigenvalue weighted by atomic mass is 127. The highest BCUT2D eigenvalue weighted by Gasteiger charge is 2.08. The predicted molar refractivity (Wildman–Crippen MR) is 85.8 cm³/mol. The number of nitrogen functional groups attached to an aromatic ring is 1. The van der Waals surface area contributed by atoms with Gasteiger partial charge in [-0.2, -0.15) is 15.0 Å². The van der Waals surface area contributed by atoms with Gasteiger partial charge in [0.1, 0.15) is 0 Å². The van der Waals surface area contributed by atoms with E-state index in [0.717, 1.165) is 9.26 Å². The minimum atomic E-state index is -0.0338. The van der Waals surface area contributed by atoms with Crippen molar-refractivity contribution in [2.45, 2.75) is 20.0 Å². The Morgan fingerprint density at radius 1 is 1.20 bits per heavy atom. The van der Waals surface area contributed by atoms with Crippen LogP contribution in [0.1, 0.15) is 13.8 Å². The second kappa shape index (κ2) is 6.66. The zero-order chi connectivity index (χ0) is 14.5. The zero-order valence-electron chi connectivity index (χ0n) is 11.1. The molecule has 0 fully saturated rings. The number of benzene rings is 1. The topological polar surface area (TPSA) is 98.0 Å². The summed E-state index contributed by atoms with van der Waals surface area (Å²) in [5.41, 5.74) is 3.27. The molecule has 2 aromatic rings. The van der Waals surface area contributed by atoms with E-state index in [2.05, 4.69) is 48.3 Å². The van der Waals surface area contributed by atoms with E-state index >= 15 is 0 Å². The van der Waals surface area contributed by atoms with Crippen LogP contribution in [0.3, 0.4) is 0 Å². The summed E-state index contributed by atoms with van der Waals surface area (Å²) < 4.78 is 6.57. The third-order valence-electron chi connectivity index (χ3n) is 2.17. The Morgan fingerprint density at radius 2 is 1.95 bits per heavy atom. The molecule has 0 spiro atoms. The van der Waals surface area contributed by atoms with Gasteiger partial charge in [-0.25, -0.2) is 5.84 Å². The maximum absolute atomic E-state index is 5.46. The first-order valence-corrected chi connectivity index (χ1v) is 7.06. The minimum Gasteiger partial charge on any atom is -0.461 e. The highest BCUT2D eigenvalue weighted by Crippen LogP contribution is 2.18. The molecule has 2 rings (SSSR count). The van der Waals surface area contributed by atoms with E-state index < -0.39 is 0 Å². The predicted octanol–water partition coefficient (Wildman–Crippen LogP) is 2.29. The molecule has 8 heteroatoms. The lowest BCUT2D eigenvalue weighted by Crippen LogP contribution is -2.15. The molecule has 7 nitrogen and oxygen atoms in total. The number of nitrogens with two attached hydrogens (primary N) is 1. The molecule has 0 bridgehead atoms. The number of hydrogen-bond donors (Lipinski definition) is 3. The number of hydrazine groups is 1. The molecule has 0 atom stereocenters. The van der Waals surface area contributed by atoms with E-state index in [9.17, 15) is 0 Å². The number of hydrogen-bond acceptors (Lipinski definition) is 7. The fraction of sp³-hybridized carbons (Fsp3) is 0.250. The van der Waals surface area contributed by atoms with E-state index in [-0.39, 0.29) is 18.1 Å². The van der Waals surface area contributed by atoms with Crippen molar-refractivity contribution in [3.05, 3.63) is 27.8 Å². The smallest absolute Gasteiger partial charge is 0.323 e. The van der Waals surface area contributed by atoms with Crippen LogP contribution < -0.4 is 21.3 Å². The SMILES string of the molecule is CC(C)Oc1nc(NN)nc(Nc2cccc(I)c2)n1. The van der Waals surface area contributed by atoms with Gasteiger partial charge in [-0.1, -0.05) is 6.07 Å². The minimum absolute atomic E-state index is 0.0338. The van der Waals surface area contributed by atoms with Gasteiger partial charge in [0.05, 0.1) is 6.10 Å². The van der Waals surface area contributed by atoms with Gasteiger partial charge in [0.15, 0.2) is 0 Å². The Balaban J connectivity index is 2.26. The fourth-order valence-corrected chi connectivity index (χ4v) is 1.98. The summed E-state index contributed by atoms with van der Waals surface area (Å²) in [6.45, 7) is 3.79. The van der Waals surface area contributed by atoms with Crippen molar-refractivity contribution < 1.29 is 4.74 Å². The van der Waals surface area contributed by atoms with E-state index in [1.165, 1.54) is 0 Å². The molecule has 4 N–H and O–H groups in total. The maximum atomic E-state index is 5.46. The second-order valence-corrected chi connectivity index (χ2v) is 5.46. The Hall–Kier alpha value is -1.68. The normalized spacial score (nSPS) is 10.4. The molecule has 1 heterocycles. The van der Waals surface area contributed by atoms with E-state index in [0.29, 0.717) is 5.95 Å². The number of ether oxygens (including phenoxy) is 1. The third kappa shape index (κ3) is 4.17. The molecule has 20 heavy (non-hydrogen) atoms. The van der Waals surface area contributed by atoms with Crippen molar-refractivity contribution in [2.24, 2.45) is 5.84 Å². The molecule has 0 aliphatic heterocycles. The number of halogens is 1. The van der Waals surface area contributed by atoms with Crippen LogP contribution >= 0.6 is 22.6 Å². The summed E-state index contributed by atoms with van der Waals surface area (Å²) in [5.74, 6) is 5.95. The summed E-state index contributed by atoms with van der Waals surface area (Å²) in [6, 6.07) is 8.06. The first-order valence-electron chi connectivity index (χ1n) is 5.99. The molecule has 0 saturated heterocycles. The number of nitrogens with zero attached hydrogens (tertiary/aromatic N) is 3. The molecule has 1 aromatic heterocycles. The highest BCUT2D eigenvalue weighted by molar-refractivity contribution is 14.1. The molecular formula is C12H15IN6O. The van der Waals surface area contributed by atoms with Crippen molar-refractivity contribution in [2.75, 3.05) is 10.7 Å². The summed E-state index contributed by atoms with van der Waals surface area (Å²) in [7, 11) is 0. The van der Waals surface area contributed by atoms with Gasteiger partial charge in [0.2, 0.25) is 11.9 Å². The van der Waals surface area contributed by atoms with Crippen LogP contribution in [-0.2, 0) is 0 Å². The van der Waals surface area contributed by atoms with E-state index in [1.807, 2.05) is 38.1 Å². The summed E-state index contributed by atoms with van der Waals surface area (Å²) in [6.07, 6.45) is -0.0338. The van der Waals surface area contributed by atoms with Gasteiger partial charge in [-0.05, 0) is 54.6 Å². The first kappa shape index (κ1) is 14.7. The van der Waals surface area contributed by atoms with Gasteiger partial charge >= 0.3 is 6.01 Å². The van der Waals surface area contributed by atoms with Crippen molar-refractivity contribution >= 4 is 40.2 Å². The van der Waals surface area contributed by atoms with Crippen LogP contribution in [0, 0.1) is 3.57 Å². The largest absolute Gasteiger partial charge is 0.461 e. The van der Waals surface area contributed by atoms with Gasteiger partial charge in [0.25, 0.3) is 0 Å². The van der Waals surface area contributed by atoms with Gasteiger partial charge in [-0.15, -0.1) is 0 Å². The standard InChI is InChI=1S/C12H15IN6O/c1-7(2)20-12-17-10(16-11(18-12)19-14)15-9-5-3-4-8(13)6-9/h3-7H,14H2,1-2H3,(H2,15,16,17,18,19). The molecule has 0 aliphatic rings. The molecule has 0 radical (unpaired) electrons. The summed E-state index contributed by atoms with van der Waals surface area (Å²) in [5, 5.41) is 3.09. The van der Waals surface area contributed by atoms with Crippen LogP contribution in [0.5, 0.6) is 6.01 Å². The Bertz CT molecular complexity index is 592. The number of anilines is 3. The monoisotopic (exact) mass is 386 g/mol. The molecule has 0 aliphatic carbocycles. The Labute approximate surface area is 130 Å². The third-order valence-corrected chi connectivity index (χ3v) is 2.84. The second-order valence-electron chi connectivity index (χ2n) is 4.21. The van der Waals surface area contributed by atoms with Crippen molar-refractivity contribution in [3.8, 4) is 6.01 Å². The zero-order valence-corrected chi connectivity index (χ0v) is 13.2. The van der Waals surface area contributed by atoms with Crippen LogP contribution in [-0.4, -0.2) is 21.1 Å². The summed E-state index contributed by atoms with van der Waals surface area (Å²) >= 11 is 2.23. The lowest BCUT2D eigenvalue weighted by molar-refractivity contribution is 0.222. The van der Waals surface area contributed by atoms with Gasteiger partial charge in [-0.3, -0.25) is 5.43 Å². The Kier molecular flexibility index (Phi) is 4.90. The average Bonchev–Trinajstić information content (AvgIpc) is 2.37. The van der Waals surface area contributed by atoms with Crippen LogP contribution in [0.25, 0.3) is 0 Å². The molecule has 0 unspecified atom stereocenters. The van der Waals surface area contributed by atoms with Crippen LogP contribution in [0.4, 0.5) is 17.6 Å². The first-order chi connectivity index (χ1) is 9.56. The Morgan fingerprint density at radius 3 is 2.60 bits per heavy atom. The number of aromatic nitrogens is 3. The summed E-state index contributed by atoms with van der Waals surface area (Å²) in [4.78, 5) is 12.4.